The van der Waals surface area contributed by atoms with E-state index in [0.717, 1.165) is 35.4 Å². The summed E-state index contributed by atoms with van der Waals surface area (Å²) in [4.78, 5) is 30.3. The Morgan fingerprint density at radius 2 is 1.87 bits per heavy atom. The van der Waals surface area contributed by atoms with Crippen LogP contribution in [0.15, 0.2) is 48.5 Å². The first-order chi connectivity index (χ1) is 15.1. The molecule has 1 saturated carbocycles. The van der Waals surface area contributed by atoms with Gasteiger partial charge in [0.2, 0.25) is 5.91 Å². The van der Waals surface area contributed by atoms with Gasteiger partial charge >= 0.3 is 0 Å². The number of hydrogen-bond acceptors (Lipinski definition) is 3. The van der Waals surface area contributed by atoms with E-state index in [4.69, 9.17) is 0 Å². The van der Waals surface area contributed by atoms with Gasteiger partial charge in [0, 0.05) is 31.0 Å². The first-order valence-corrected chi connectivity index (χ1v) is 11.1. The number of anilines is 1. The summed E-state index contributed by atoms with van der Waals surface area (Å²) < 4.78 is 2.14. The zero-order chi connectivity index (χ0) is 21.1. The fourth-order valence-electron chi connectivity index (χ4n) is 5.26. The molecule has 3 heterocycles. The molecule has 1 atom stereocenters. The quantitative estimate of drug-likeness (QED) is 0.713. The summed E-state index contributed by atoms with van der Waals surface area (Å²) in [6.45, 7) is 1.72. The number of rotatable bonds is 4. The van der Waals surface area contributed by atoms with Crippen LogP contribution in [0.1, 0.15) is 40.6 Å². The highest BCUT2D eigenvalue weighted by atomic mass is 16.2. The monoisotopic (exact) mass is 414 g/mol. The molecule has 1 N–H and O–H groups in total. The highest BCUT2D eigenvalue weighted by Crippen LogP contribution is 2.44. The number of hydrogen-bond donors (Lipinski definition) is 1. The smallest absolute Gasteiger partial charge is 0.257 e. The van der Waals surface area contributed by atoms with Crippen LogP contribution in [0.3, 0.4) is 0 Å². The van der Waals surface area contributed by atoms with Gasteiger partial charge in [-0.1, -0.05) is 30.3 Å². The van der Waals surface area contributed by atoms with E-state index < -0.39 is 0 Å². The topological polar surface area (TPSA) is 57.6 Å². The minimum Gasteiger partial charge on any atom is -0.354 e. The van der Waals surface area contributed by atoms with Gasteiger partial charge in [0.25, 0.3) is 5.91 Å². The fourth-order valence-corrected chi connectivity index (χ4v) is 5.26. The maximum atomic E-state index is 13.4. The van der Waals surface area contributed by atoms with Gasteiger partial charge in [-0.2, -0.15) is 0 Å². The zero-order valence-electron chi connectivity index (χ0n) is 17.7. The van der Waals surface area contributed by atoms with E-state index in [9.17, 15) is 9.59 Å². The molecule has 6 heteroatoms. The van der Waals surface area contributed by atoms with Crippen LogP contribution in [-0.4, -0.2) is 41.4 Å². The molecule has 2 aliphatic heterocycles. The average molecular weight is 415 g/mol. The van der Waals surface area contributed by atoms with Crippen molar-refractivity contribution in [1.82, 2.24) is 14.8 Å². The highest BCUT2D eigenvalue weighted by Gasteiger charge is 2.42. The lowest BCUT2D eigenvalue weighted by Gasteiger charge is -2.46. The molecule has 2 aromatic carbocycles. The Bertz CT molecular complexity index is 1210. The Kier molecular flexibility index (Phi) is 4.10. The van der Waals surface area contributed by atoms with Crippen LogP contribution in [0.4, 0.5) is 5.69 Å². The summed E-state index contributed by atoms with van der Waals surface area (Å²) >= 11 is 0. The number of nitrogens with one attached hydrogen (secondary N) is 1. The third-order valence-electron chi connectivity index (χ3n) is 6.99. The van der Waals surface area contributed by atoms with E-state index in [1.54, 1.807) is 0 Å². The number of amides is 2. The molecule has 0 bridgehead atoms. The van der Waals surface area contributed by atoms with Gasteiger partial charge in [-0.3, -0.25) is 9.59 Å². The third kappa shape index (κ3) is 2.85. The van der Waals surface area contributed by atoms with E-state index >= 15 is 0 Å². The molecule has 1 fully saturated rings. The number of aromatic nitrogens is 1. The van der Waals surface area contributed by atoms with Crippen LogP contribution >= 0.6 is 0 Å². The lowest BCUT2D eigenvalue weighted by Crippen LogP contribution is -2.51. The molecule has 0 radical (unpaired) electrons. The molecule has 6 nitrogen and oxygen atoms in total. The van der Waals surface area contributed by atoms with Crippen molar-refractivity contribution in [3.8, 4) is 0 Å². The predicted molar refractivity (Wildman–Crippen MR) is 120 cm³/mol. The first-order valence-electron chi connectivity index (χ1n) is 11.1. The second kappa shape index (κ2) is 6.87. The molecule has 158 valence electrons. The second-order valence-electron chi connectivity index (χ2n) is 8.96. The van der Waals surface area contributed by atoms with Crippen LogP contribution in [0, 0.1) is 5.92 Å². The van der Waals surface area contributed by atoms with Crippen molar-refractivity contribution >= 4 is 28.4 Å². The van der Waals surface area contributed by atoms with Crippen LogP contribution in [0.25, 0.3) is 10.9 Å². The van der Waals surface area contributed by atoms with E-state index in [1.807, 2.05) is 42.3 Å². The second-order valence-corrected chi connectivity index (χ2v) is 8.96. The standard InChI is InChI=1S/C25H26N4O2/c1-27-20-8-4-3-7-19(20)25(31)28-13-12-18-17-6-2-5-9-21(17)29(23(18)24(27)28)15-22(30)26-14-16-10-11-16/h2-9,16,24H,10-15H2,1H3,(H,26,30). The summed E-state index contributed by atoms with van der Waals surface area (Å²) in [5.74, 6) is 0.755. The lowest BCUT2D eigenvalue weighted by atomic mass is 9.96. The van der Waals surface area contributed by atoms with Crippen molar-refractivity contribution in [2.24, 2.45) is 5.92 Å². The molecule has 0 spiro atoms. The fraction of sp³-hybridized carbons (Fsp3) is 0.360. The van der Waals surface area contributed by atoms with Gasteiger partial charge in [0.05, 0.1) is 16.9 Å². The normalized spacial score (nSPS) is 19.8. The molecular formula is C25H26N4O2. The molecule has 6 rings (SSSR count). The van der Waals surface area contributed by atoms with Crippen molar-refractivity contribution in [2.45, 2.75) is 32.0 Å². The number of para-hydroxylation sites is 2. The van der Waals surface area contributed by atoms with Gasteiger partial charge in [0.1, 0.15) is 12.7 Å². The van der Waals surface area contributed by atoms with E-state index in [0.29, 0.717) is 12.5 Å². The van der Waals surface area contributed by atoms with Gasteiger partial charge in [-0.05, 0) is 48.9 Å². The summed E-state index contributed by atoms with van der Waals surface area (Å²) in [6, 6.07) is 16.1. The molecule has 3 aromatic rings. The molecule has 31 heavy (non-hydrogen) atoms. The molecule has 1 unspecified atom stereocenters. The van der Waals surface area contributed by atoms with Crippen molar-refractivity contribution in [2.75, 3.05) is 25.0 Å². The molecule has 1 aliphatic carbocycles. The maximum absolute atomic E-state index is 13.4. The lowest BCUT2D eigenvalue weighted by molar-refractivity contribution is -0.121. The van der Waals surface area contributed by atoms with Crippen LogP contribution < -0.4 is 10.2 Å². The molecule has 3 aliphatic rings. The minimum atomic E-state index is -0.213. The summed E-state index contributed by atoms with van der Waals surface area (Å²) in [6.07, 6.45) is 3.01. The Balaban J connectivity index is 1.47. The number of fused-ring (bicyclic) bond motifs is 6. The molecule has 0 saturated heterocycles. The molecule has 2 amide bonds. The summed E-state index contributed by atoms with van der Waals surface area (Å²) in [7, 11) is 2.05. The zero-order valence-corrected chi connectivity index (χ0v) is 17.7. The van der Waals surface area contributed by atoms with Crippen LogP contribution in [-0.2, 0) is 17.8 Å². The Morgan fingerprint density at radius 1 is 1.10 bits per heavy atom. The van der Waals surface area contributed by atoms with Gasteiger partial charge in [-0.25, -0.2) is 0 Å². The van der Waals surface area contributed by atoms with Crippen molar-refractivity contribution in [1.29, 1.82) is 0 Å². The van der Waals surface area contributed by atoms with Gasteiger partial charge < -0.3 is 19.7 Å². The van der Waals surface area contributed by atoms with Crippen molar-refractivity contribution < 1.29 is 9.59 Å². The van der Waals surface area contributed by atoms with E-state index in [1.165, 1.54) is 23.8 Å². The largest absolute Gasteiger partial charge is 0.354 e. The SMILES string of the molecule is CN1c2ccccc2C(=O)N2CCc3c(n(CC(=O)NCC4CC4)c4ccccc34)C21. The van der Waals surface area contributed by atoms with E-state index in [2.05, 4.69) is 33.0 Å². The Labute approximate surface area is 181 Å². The first kappa shape index (κ1) is 18.5. The third-order valence-corrected chi connectivity index (χ3v) is 6.99. The summed E-state index contributed by atoms with van der Waals surface area (Å²) in [5.41, 5.74) is 5.08. The van der Waals surface area contributed by atoms with Crippen LogP contribution in [0.5, 0.6) is 0 Å². The molecular weight excluding hydrogens is 388 g/mol. The molecule has 1 aromatic heterocycles. The highest BCUT2D eigenvalue weighted by molar-refractivity contribution is 6.02. The Morgan fingerprint density at radius 3 is 2.71 bits per heavy atom. The maximum Gasteiger partial charge on any atom is 0.257 e. The number of benzene rings is 2. The van der Waals surface area contributed by atoms with Crippen LogP contribution in [0.2, 0.25) is 0 Å². The van der Waals surface area contributed by atoms with Gasteiger partial charge in [-0.15, -0.1) is 0 Å². The number of carbonyl (C=O) groups excluding carboxylic acids is 2. The predicted octanol–water partition coefficient (Wildman–Crippen LogP) is 3.31. The van der Waals surface area contributed by atoms with E-state index in [-0.39, 0.29) is 24.5 Å². The van der Waals surface area contributed by atoms with Crippen molar-refractivity contribution in [3.05, 3.63) is 65.4 Å². The number of nitrogens with zero attached hydrogens (tertiary/aromatic N) is 3. The average Bonchev–Trinajstić information content (AvgIpc) is 3.58. The minimum absolute atomic E-state index is 0.0396. The van der Waals surface area contributed by atoms with Crippen molar-refractivity contribution in [3.63, 3.8) is 0 Å². The van der Waals surface area contributed by atoms with Gasteiger partial charge in [0.15, 0.2) is 0 Å². The number of carbonyl (C=O) groups is 2. The summed E-state index contributed by atoms with van der Waals surface area (Å²) in [5, 5.41) is 4.30. The Hall–Kier alpha value is -3.28.